The van der Waals surface area contributed by atoms with Gasteiger partial charge >= 0.3 is 0 Å². The first-order chi connectivity index (χ1) is 10.2. The van der Waals surface area contributed by atoms with Crippen LogP contribution in [0.2, 0.25) is 5.02 Å². The first-order valence-electron chi connectivity index (χ1n) is 6.58. The summed E-state index contributed by atoms with van der Waals surface area (Å²) in [5, 5.41) is 12.6. The monoisotopic (exact) mass is 294 g/mol. The normalized spacial score (nSPS) is 11.3. The maximum Gasteiger partial charge on any atom is 0.139 e. The van der Waals surface area contributed by atoms with E-state index in [1.165, 1.54) is 0 Å². The number of halogens is 1. The fourth-order valence-electron chi connectivity index (χ4n) is 2.72. The summed E-state index contributed by atoms with van der Waals surface area (Å²) in [6.45, 7) is 0. The van der Waals surface area contributed by atoms with E-state index >= 15 is 0 Å². The van der Waals surface area contributed by atoms with E-state index in [9.17, 15) is 5.11 Å². The molecule has 2 aromatic carbocycles. The topological polar surface area (TPSA) is 38.0 Å². The maximum absolute atomic E-state index is 9.82. The standard InChI is InChI=1S/C17H11ClN2O/c18-11-7-8-19-17(9-11)20-15-4-2-1-3-13(15)14-6-5-12(21)10-16(14)20/h1-10,21H. The van der Waals surface area contributed by atoms with Crippen molar-refractivity contribution < 1.29 is 5.11 Å². The van der Waals surface area contributed by atoms with Crippen LogP contribution >= 0.6 is 11.6 Å². The van der Waals surface area contributed by atoms with Crippen LogP contribution in [-0.4, -0.2) is 14.7 Å². The highest BCUT2D eigenvalue weighted by Gasteiger charge is 2.13. The predicted molar refractivity (Wildman–Crippen MR) is 85.3 cm³/mol. The lowest BCUT2D eigenvalue weighted by Crippen LogP contribution is -1.96. The van der Waals surface area contributed by atoms with Gasteiger partial charge in [-0.05, 0) is 24.3 Å². The number of hydrogen-bond donors (Lipinski definition) is 1. The van der Waals surface area contributed by atoms with E-state index < -0.39 is 0 Å². The van der Waals surface area contributed by atoms with Crippen molar-refractivity contribution in [2.45, 2.75) is 0 Å². The molecule has 0 spiro atoms. The van der Waals surface area contributed by atoms with Gasteiger partial charge < -0.3 is 5.11 Å². The molecule has 0 bridgehead atoms. The van der Waals surface area contributed by atoms with Gasteiger partial charge in [-0.3, -0.25) is 4.57 Å². The predicted octanol–water partition coefficient (Wildman–Crippen LogP) is 4.54. The van der Waals surface area contributed by atoms with Gasteiger partial charge in [-0.1, -0.05) is 29.8 Å². The van der Waals surface area contributed by atoms with E-state index in [1.54, 1.807) is 24.4 Å². The van der Waals surface area contributed by atoms with Crippen LogP contribution in [0, 0.1) is 0 Å². The number of phenolic OH excluding ortho intramolecular Hbond substituents is 1. The van der Waals surface area contributed by atoms with Gasteiger partial charge in [0.05, 0.1) is 11.0 Å². The molecule has 0 atom stereocenters. The van der Waals surface area contributed by atoms with Gasteiger partial charge in [-0.15, -0.1) is 0 Å². The quantitative estimate of drug-likeness (QED) is 0.560. The summed E-state index contributed by atoms with van der Waals surface area (Å²) >= 11 is 6.09. The molecule has 0 amide bonds. The Morgan fingerprint density at radius 1 is 0.905 bits per heavy atom. The minimum atomic E-state index is 0.230. The third-order valence-electron chi connectivity index (χ3n) is 3.59. The van der Waals surface area contributed by atoms with Crippen LogP contribution in [0.5, 0.6) is 5.75 Å². The number of benzene rings is 2. The zero-order chi connectivity index (χ0) is 14.4. The second-order valence-corrected chi connectivity index (χ2v) is 5.32. The summed E-state index contributed by atoms with van der Waals surface area (Å²) in [4.78, 5) is 4.41. The molecule has 0 unspecified atom stereocenters. The number of hydrogen-bond acceptors (Lipinski definition) is 2. The second kappa shape index (κ2) is 4.50. The Kier molecular flexibility index (Phi) is 2.62. The lowest BCUT2D eigenvalue weighted by atomic mass is 10.1. The third-order valence-corrected chi connectivity index (χ3v) is 3.83. The molecule has 0 fully saturated rings. The van der Waals surface area contributed by atoms with Gasteiger partial charge in [0.15, 0.2) is 0 Å². The Bertz CT molecular complexity index is 975. The summed E-state index contributed by atoms with van der Waals surface area (Å²) in [5.41, 5.74) is 1.94. The maximum atomic E-state index is 9.82. The van der Waals surface area contributed by atoms with Gasteiger partial charge in [0.2, 0.25) is 0 Å². The van der Waals surface area contributed by atoms with Crippen molar-refractivity contribution in [2.24, 2.45) is 0 Å². The minimum Gasteiger partial charge on any atom is -0.508 e. The average Bonchev–Trinajstić information content (AvgIpc) is 2.80. The largest absolute Gasteiger partial charge is 0.508 e. The molecule has 2 heterocycles. The molecule has 102 valence electrons. The Morgan fingerprint density at radius 3 is 2.57 bits per heavy atom. The molecule has 0 radical (unpaired) electrons. The van der Waals surface area contributed by atoms with E-state index in [-0.39, 0.29) is 5.75 Å². The lowest BCUT2D eigenvalue weighted by molar-refractivity contribution is 0.476. The zero-order valence-corrected chi connectivity index (χ0v) is 11.7. The van der Waals surface area contributed by atoms with Crippen LogP contribution in [0.3, 0.4) is 0 Å². The molecular formula is C17H11ClN2O. The number of aromatic nitrogens is 2. The molecule has 0 aliphatic rings. The summed E-state index contributed by atoms with van der Waals surface area (Å²) in [6, 6.07) is 17.0. The van der Waals surface area contributed by atoms with Crippen molar-refractivity contribution >= 4 is 33.4 Å². The van der Waals surface area contributed by atoms with Crippen LogP contribution in [0.25, 0.3) is 27.6 Å². The zero-order valence-electron chi connectivity index (χ0n) is 11.0. The molecule has 3 nitrogen and oxygen atoms in total. The van der Waals surface area contributed by atoms with Crippen molar-refractivity contribution in [3.8, 4) is 11.6 Å². The number of rotatable bonds is 1. The second-order valence-electron chi connectivity index (χ2n) is 4.89. The van der Waals surface area contributed by atoms with Crippen molar-refractivity contribution in [1.82, 2.24) is 9.55 Å². The number of para-hydroxylation sites is 1. The molecule has 0 saturated heterocycles. The van der Waals surface area contributed by atoms with Gasteiger partial charge in [0, 0.05) is 34.1 Å². The van der Waals surface area contributed by atoms with E-state index in [2.05, 4.69) is 11.1 Å². The first kappa shape index (κ1) is 12.2. The third kappa shape index (κ3) is 1.86. The van der Waals surface area contributed by atoms with Crippen molar-refractivity contribution in [1.29, 1.82) is 0 Å². The molecule has 0 saturated carbocycles. The van der Waals surface area contributed by atoms with Crippen molar-refractivity contribution in [3.05, 3.63) is 65.8 Å². The number of phenols is 1. The van der Waals surface area contributed by atoms with Crippen LogP contribution in [0.15, 0.2) is 60.8 Å². The molecule has 2 aromatic heterocycles. The minimum absolute atomic E-state index is 0.230. The molecule has 4 aromatic rings. The van der Waals surface area contributed by atoms with E-state index in [1.807, 2.05) is 34.9 Å². The van der Waals surface area contributed by atoms with Crippen LogP contribution < -0.4 is 0 Å². The molecule has 4 heteroatoms. The van der Waals surface area contributed by atoms with Gasteiger partial charge in [0.25, 0.3) is 0 Å². The summed E-state index contributed by atoms with van der Waals surface area (Å²) in [5.74, 6) is 0.966. The summed E-state index contributed by atoms with van der Waals surface area (Å²) < 4.78 is 2.01. The highest BCUT2D eigenvalue weighted by Crippen LogP contribution is 2.33. The Morgan fingerprint density at radius 2 is 1.71 bits per heavy atom. The highest BCUT2D eigenvalue weighted by atomic mass is 35.5. The SMILES string of the molecule is Oc1ccc2c3ccccc3n(-c3cc(Cl)ccn3)c2c1. The summed E-state index contributed by atoms with van der Waals surface area (Å²) in [6.07, 6.45) is 1.68. The number of fused-ring (bicyclic) bond motifs is 3. The Balaban J connectivity index is 2.21. The number of pyridine rings is 1. The fraction of sp³-hybridized carbons (Fsp3) is 0. The molecule has 0 aliphatic carbocycles. The molecule has 0 aliphatic heterocycles. The number of nitrogens with zero attached hydrogens (tertiary/aromatic N) is 2. The fourth-order valence-corrected chi connectivity index (χ4v) is 2.88. The van der Waals surface area contributed by atoms with Crippen LogP contribution in [-0.2, 0) is 0 Å². The summed E-state index contributed by atoms with van der Waals surface area (Å²) in [7, 11) is 0. The molecule has 4 rings (SSSR count). The molecular weight excluding hydrogens is 284 g/mol. The molecule has 1 N–H and O–H groups in total. The van der Waals surface area contributed by atoms with Crippen LogP contribution in [0.1, 0.15) is 0 Å². The van der Waals surface area contributed by atoms with Gasteiger partial charge in [0.1, 0.15) is 11.6 Å². The van der Waals surface area contributed by atoms with Gasteiger partial charge in [-0.2, -0.15) is 0 Å². The average molecular weight is 295 g/mol. The van der Waals surface area contributed by atoms with Gasteiger partial charge in [-0.25, -0.2) is 4.98 Å². The van der Waals surface area contributed by atoms with Crippen molar-refractivity contribution in [2.75, 3.05) is 0 Å². The smallest absolute Gasteiger partial charge is 0.139 e. The highest BCUT2D eigenvalue weighted by molar-refractivity contribution is 6.30. The Hall–Kier alpha value is -2.52. The first-order valence-corrected chi connectivity index (χ1v) is 6.96. The lowest BCUT2D eigenvalue weighted by Gasteiger charge is -2.06. The van der Waals surface area contributed by atoms with Crippen molar-refractivity contribution in [3.63, 3.8) is 0 Å². The Labute approximate surface area is 126 Å². The van der Waals surface area contributed by atoms with E-state index in [4.69, 9.17) is 11.6 Å². The number of aromatic hydroxyl groups is 1. The molecule has 21 heavy (non-hydrogen) atoms. The van der Waals surface area contributed by atoms with E-state index in [0.29, 0.717) is 5.02 Å². The van der Waals surface area contributed by atoms with Crippen LogP contribution in [0.4, 0.5) is 0 Å². The van der Waals surface area contributed by atoms with E-state index in [0.717, 1.165) is 27.6 Å².